The molecule has 0 aliphatic carbocycles. The number of fused-ring (bicyclic) bond motifs is 1. The van der Waals surface area contributed by atoms with Crippen LogP contribution in [0.4, 0.5) is 0 Å². The van der Waals surface area contributed by atoms with E-state index in [4.69, 9.17) is 18.6 Å². The number of para-hydroxylation sites is 1. The molecule has 0 amide bonds. The highest BCUT2D eigenvalue weighted by Gasteiger charge is 2.20. The number of benzene rings is 2. The maximum Gasteiger partial charge on any atom is 0.347 e. The van der Waals surface area contributed by atoms with E-state index in [-0.39, 0.29) is 17.8 Å². The first-order valence-electron chi connectivity index (χ1n) is 8.84. The number of hydrogen-bond donors (Lipinski definition) is 0. The summed E-state index contributed by atoms with van der Waals surface area (Å²) in [6.07, 6.45) is 0.998. The largest absolute Gasteiger partial charge is 0.479 e. The first-order chi connectivity index (χ1) is 13.5. The molecule has 0 unspecified atom stereocenters. The zero-order chi connectivity index (χ0) is 20.1. The van der Waals surface area contributed by atoms with Gasteiger partial charge in [0.1, 0.15) is 23.3 Å². The van der Waals surface area contributed by atoms with E-state index in [1.165, 1.54) is 6.26 Å². The second kappa shape index (κ2) is 8.93. The van der Waals surface area contributed by atoms with Gasteiger partial charge in [-0.3, -0.25) is 4.79 Å². The van der Waals surface area contributed by atoms with E-state index in [0.717, 1.165) is 4.47 Å². The van der Waals surface area contributed by atoms with Crippen molar-refractivity contribution < 1.29 is 23.4 Å². The Balaban J connectivity index is 1.87. The van der Waals surface area contributed by atoms with E-state index in [0.29, 0.717) is 28.9 Å². The number of carbonyl (C=O) groups is 1. The standard InChI is InChI=1S/C21H19BrO6/c1-3-16(21(24)25-4-2)27-13-9-10-14-18(11-13)26-12-19(20(14)23)28-17-8-6-5-7-15(17)22/h5-12,16H,3-4H2,1-2H3/t16-/m1/s1. The molecule has 0 radical (unpaired) electrons. The van der Waals surface area contributed by atoms with Crippen LogP contribution in [0.1, 0.15) is 20.3 Å². The van der Waals surface area contributed by atoms with E-state index in [1.54, 1.807) is 37.3 Å². The summed E-state index contributed by atoms with van der Waals surface area (Å²) in [5.74, 6) is 0.569. The van der Waals surface area contributed by atoms with Gasteiger partial charge in [-0.2, -0.15) is 0 Å². The fourth-order valence-electron chi connectivity index (χ4n) is 2.58. The van der Waals surface area contributed by atoms with Crippen molar-refractivity contribution in [3.63, 3.8) is 0 Å². The van der Waals surface area contributed by atoms with E-state index < -0.39 is 12.1 Å². The minimum absolute atomic E-state index is 0.0750. The lowest BCUT2D eigenvalue weighted by atomic mass is 10.2. The molecule has 0 aliphatic rings. The van der Waals surface area contributed by atoms with Gasteiger partial charge in [0.25, 0.3) is 0 Å². The summed E-state index contributed by atoms with van der Waals surface area (Å²) in [5.41, 5.74) is 0.0293. The molecule has 3 rings (SSSR count). The first-order valence-corrected chi connectivity index (χ1v) is 9.64. The maximum atomic E-state index is 12.7. The molecule has 0 saturated carbocycles. The maximum absolute atomic E-state index is 12.7. The Hall–Kier alpha value is -2.80. The molecule has 1 atom stereocenters. The van der Waals surface area contributed by atoms with Crippen molar-refractivity contribution in [1.82, 2.24) is 0 Å². The summed E-state index contributed by atoms with van der Waals surface area (Å²) in [4.78, 5) is 24.6. The minimum atomic E-state index is -0.720. The molecule has 0 fully saturated rings. The molecule has 0 saturated heterocycles. The third kappa shape index (κ3) is 4.36. The molecule has 1 heterocycles. The van der Waals surface area contributed by atoms with Crippen LogP contribution in [-0.4, -0.2) is 18.7 Å². The van der Waals surface area contributed by atoms with E-state index in [9.17, 15) is 9.59 Å². The smallest absolute Gasteiger partial charge is 0.347 e. The number of halogens is 1. The van der Waals surface area contributed by atoms with E-state index in [2.05, 4.69) is 15.9 Å². The van der Waals surface area contributed by atoms with Crippen LogP contribution >= 0.6 is 15.9 Å². The molecule has 146 valence electrons. The van der Waals surface area contributed by atoms with Gasteiger partial charge in [-0.05, 0) is 53.5 Å². The zero-order valence-electron chi connectivity index (χ0n) is 15.4. The highest BCUT2D eigenvalue weighted by molar-refractivity contribution is 9.10. The average molecular weight is 447 g/mol. The van der Waals surface area contributed by atoms with Gasteiger partial charge < -0.3 is 18.6 Å². The van der Waals surface area contributed by atoms with Gasteiger partial charge in [0.2, 0.25) is 11.2 Å². The summed E-state index contributed by atoms with van der Waals surface area (Å²) in [7, 11) is 0. The monoisotopic (exact) mass is 446 g/mol. The van der Waals surface area contributed by atoms with Crippen LogP contribution in [0.25, 0.3) is 11.0 Å². The summed E-state index contributed by atoms with van der Waals surface area (Å²) in [5, 5.41) is 0.348. The SMILES string of the molecule is CCOC(=O)[C@@H](CC)Oc1ccc2c(=O)c(Oc3ccccc3Br)coc2c1. The Kier molecular flexibility index (Phi) is 6.36. The Morgan fingerprint density at radius 3 is 2.64 bits per heavy atom. The first kappa shape index (κ1) is 19.9. The van der Waals surface area contributed by atoms with Gasteiger partial charge in [-0.1, -0.05) is 19.1 Å². The van der Waals surface area contributed by atoms with Crippen molar-refractivity contribution in [3.8, 4) is 17.2 Å². The Morgan fingerprint density at radius 1 is 1.14 bits per heavy atom. The molecule has 1 aromatic heterocycles. The van der Waals surface area contributed by atoms with Crippen LogP contribution in [0.2, 0.25) is 0 Å². The molecule has 0 aliphatic heterocycles. The van der Waals surface area contributed by atoms with Crippen molar-refractivity contribution >= 4 is 32.9 Å². The predicted molar refractivity (Wildman–Crippen MR) is 108 cm³/mol. The molecule has 7 heteroatoms. The van der Waals surface area contributed by atoms with Crippen LogP contribution in [-0.2, 0) is 9.53 Å². The van der Waals surface area contributed by atoms with Crippen molar-refractivity contribution in [2.45, 2.75) is 26.4 Å². The van der Waals surface area contributed by atoms with Crippen molar-refractivity contribution in [1.29, 1.82) is 0 Å². The third-order valence-corrected chi connectivity index (χ3v) is 4.62. The van der Waals surface area contributed by atoms with Gasteiger partial charge in [-0.25, -0.2) is 4.79 Å². The number of carbonyl (C=O) groups excluding carboxylic acids is 1. The fraction of sp³-hybridized carbons (Fsp3) is 0.238. The quantitative estimate of drug-likeness (QED) is 0.471. The lowest BCUT2D eigenvalue weighted by Crippen LogP contribution is -2.28. The van der Waals surface area contributed by atoms with Crippen LogP contribution in [0.3, 0.4) is 0 Å². The van der Waals surface area contributed by atoms with Crippen LogP contribution in [0.5, 0.6) is 17.2 Å². The van der Waals surface area contributed by atoms with Crippen molar-refractivity contribution in [3.05, 3.63) is 63.4 Å². The van der Waals surface area contributed by atoms with Crippen LogP contribution in [0, 0.1) is 0 Å². The predicted octanol–water partition coefficient (Wildman–Crippen LogP) is 5.07. The summed E-state index contributed by atoms with van der Waals surface area (Å²) < 4.78 is 22.7. The van der Waals surface area contributed by atoms with Gasteiger partial charge in [0, 0.05) is 6.07 Å². The summed E-state index contributed by atoms with van der Waals surface area (Å²) in [6, 6.07) is 12.0. The summed E-state index contributed by atoms with van der Waals surface area (Å²) >= 11 is 3.38. The highest BCUT2D eigenvalue weighted by Crippen LogP contribution is 2.29. The van der Waals surface area contributed by atoms with E-state index >= 15 is 0 Å². The topological polar surface area (TPSA) is 75.0 Å². The molecule has 0 N–H and O–H groups in total. The third-order valence-electron chi connectivity index (χ3n) is 3.97. The Labute approximate surface area is 170 Å². The van der Waals surface area contributed by atoms with Gasteiger partial charge in [0.15, 0.2) is 6.10 Å². The van der Waals surface area contributed by atoms with Gasteiger partial charge >= 0.3 is 5.97 Å². The number of hydrogen-bond acceptors (Lipinski definition) is 6. The summed E-state index contributed by atoms with van der Waals surface area (Å²) in [6.45, 7) is 3.85. The van der Waals surface area contributed by atoms with E-state index in [1.807, 2.05) is 19.1 Å². The molecule has 0 spiro atoms. The van der Waals surface area contributed by atoms with Crippen molar-refractivity contribution in [2.24, 2.45) is 0 Å². The Bertz CT molecular complexity index is 1040. The lowest BCUT2D eigenvalue weighted by Gasteiger charge is -2.16. The van der Waals surface area contributed by atoms with Crippen LogP contribution < -0.4 is 14.9 Å². The molecule has 2 aromatic carbocycles. The molecular formula is C21H19BrO6. The fourth-order valence-corrected chi connectivity index (χ4v) is 2.94. The van der Waals surface area contributed by atoms with Gasteiger partial charge in [-0.15, -0.1) is 0 Å². The second-order valence-corrected chi connectivity index (χ2v) is 6.74. The van der Waals surface area contributed by atoms with Crippen LogP contribution in [0.15, 0.2) is 62.4 Å². The normalized spacial score (nSPS) is 11.8. The molecule has 28 heavy (non-hydrogen) atoms. The molecular weight excluding hydrogens is 428 g/mol. The average Bonchev–Trinajstić information content (AvgIpc) is 2.70. The Morgan fingerprint density at radius 2 is 1.93 bits per heavy atom. The molecule has 6 nitrogen and oxygen atoms in total. The van der Waals surface area contributed by atoms with Gasteiger partial charge in [0.05, 0.1) is 16.5 Å². The number of ether oxygens (including phenoxy) is 3. The van der Waals surface area contributed by atoms with Crippen molar-refractivity contribution in [2.75, 3.05) is 6.61 Å². The lowest BCUT2D eigenvalue weighted by molar-refractivity contribution is -0.151. The molecule has 0 bridgehead atoms. The second-order valence-electron chi connectivity index (χ2n) is 5.89. The zero-order valence-corrected chi connectivity index (χ0v) is 17.0. The number of rotatable bonds is 7. The minimum Gasteiger partial charge on any atom is -0.479 e. The number of esters is 1. The highest BCUT2D eigenvalue weighted by atomic mass is 79.9. The molecule has 3 aromatic rings.